The van der Waals surface area contributed by atoms with Gasteiger partial charge in [-0.3, -0.25) is 9.59 Å². The van der Waals surface area contributed by atoms with Crippen LogP contribution in [0.4, 0.5) is 0 Å². The van der Waals surface area contributed by atoms with E-state index in [9.17, 15) is 9.59 Å². The number of methoxy groups -OCH3 is 2. The van der Waals surface area contributed by atoms with Crippen LogP contribution in [0.25, 0.3) is 0 Å². The molecule has 0 heterocycles. The SMILES string of the molecule is COc1ccccc1[C@H](CNC(=O)C(=O)N[C@@H](C)c1ccccc1)OC. The molecule has 2 N–H and O–H groups in total. The van der Waals surface area contributed by atoms with Gasteiger partial charge in [0.25, 0.3) is 0 Å². The Labute approximate surface area is 153 Å². The highest BCUT2D eigenvalue weighted by Crippen LogP contribution is 2.26. The number of carbonyl (C=O) groups excluding carboxylic acids is 2. The Morgan fingerprint density at radius 3 is 2.27 bits per heavy atom. The van der Waals surface area contributed by atoms with Gasteiger partial charge in [0.1, 0.15) is 11.9 Å². The molecule has 0 aliphatic rings. The zero-order valence-corrected chi connectivity index (χ0v) is 15.2. The fourth-order valence-corrected chi connectivity index (χ4v) is 2.61. The van der Waals surface area contributed by atoms with E-state index in [1.54, 1.807) is 14.2 Å². The van der Waals surface area contributed by atoms with Crippen LogP contribution in [-0.4, -0.2) is 32.6 Å². The maximum atomic E-state index is 12.1. The summed E-state index contributed by atoms with van der Waals surface area (Å²) in [5.41, 5.74) is 1.73. The number of carbonyl (C=O) groups is 2. The van der Waals surface area contributed by atoms with Crippen molar-refractivity contribution in [3.63, 3.8) is 0 Å². The number of ether oxygens (including phenoxy) is 2. The lowest BCUT2D eigenvalue weighted by atomic mass is 10.1. The lowest BCUT2D eigenvalue weighted by Gasteiger charge is -2.19. The van der Waals surface area contributed by atoms with Gasteiger partial charge < -0.3 is 20.1 Å². The Bertz CT molecular complexity index is 734. The minimum Gasteiger partial charge on any atom is -0.496 e. The van der Waals surface area contributed by atoms with Crippen LogP contribution in [0.2, 0.25) is 0 Å². The maximum absolute atomic E-state index is 12.1. The van der Waals surface area contributed by atoms with E-state index in [-0.39, 0.29) is 12.6 Å². The number of hydrogen-bond donors (Lipinski definition) is 2. The topological polar surface area (TPSA) is 76.7 Å². The van der Waals surface area contributed by atoms with E-state index in [0.717, 1.165) is 11.1 Å². The van der Waals surface area contributed by atoms with Crippen molar-refractivity contribution in [3.05, 3.63) is 65.7 Å². The molecule has 138 valence electrons. The quantitative estimate of drug-likeness (QED) is 0.747. The third-order valence-corrected chi connectivity index (χ3v) is 4.07. The molecule has 6 heteroatoms. The van der Waals surface area contributed by atoms with Crippen molar-refractivity contribution in [2.45, 2.75) is 19.1 Å². The van der Waals surface area contributed by atoms with Crippen molar-refractivity contribution in [1.82, 2.24) is 10.6 Å². The minimum atomic E-state index is -0.704. The summed E-state index contributed by atoms with van der Waals surface area (Å²) in [4.78, 5) is 24.2. The third-order valence-electron chi connectivity index (χ3n) is 4.07. The predicted octanol–water partition coefficient (Wildman–Crippen LogP) is 2.38. The van der Waals surface area contributed by atoms with E-state index < -0.39 is 17.9 Å². The molecule has 0 bridgehead atoms. The Kier molecular flexibility index (Phi) is 7.17. The molecule has 0 spiro atoms. The molecule has 0 unspecified atom stereocenters. The Balaban J connectivity index is 1.93. The largest absolute Gasteiger partial charge is 0.496 e. The van der Waals surface area contributed by atoms with E-state index in [1.807, 2.05) is 61.5 Å². The molecule has 2 rings (SSSR count). The second-order valence-corrected chi connectivity index (χ2v) is 5.78. The van der Waals surface area contributed by atoms with Crippen molar-refractivity contribution in [2.24, 2.45) is 0 Å². The predicted molar refractivity (Wildman–Crippen MR) is 98.8 cm³/mol. The maximum Gasteiger partial charge on any atom is 0.309 e. The molecule has 0 aliphatic carbocycles. The molecule has 0 radical (unpaired) electrons. The monoisotopic (exact) mass is 356 g/mol. The molecule has 2 atom stereocenters. The Hall–Kier alpha value is -2.86. The van der Waals surface area contributed by atoms with Gasteiger partial charge in [0, 0.05) is 19.2 Å². The molecule has 2 aromatic rings. The van der Waals surface area contributed by atoms with Gasteiger partial charge in [0.05, 0.1) is 13.2 Å². The molecular formula is C20H24N2O4. The highest BCUT2D eigenvalue weighted by atomic mass is 16.5. The summed E-state index contributed by atoms with van der Waals surface area (Å²) in [5.74, 6) is -0.725. The Morgan fingerprint density at radius 2 is 1.62 bits per heavy atom. The van der Waals surface area contributed by atoms with Crippen LogP contribution in [0.3, 0.4) is 0 Å². The normalized spacial score (nSPS) is 12.7. The number of para-hydroxylation sites is 1. The van der Waals surface area contributed by atoms with Crippen molar-refractivity contribution < 1.29 is 19.1 Å². The van der Waals surface area contributed by atoms with Gasteiger partial charge in [-0.2, -0.15) is 0 Å². The highest BCUT2D eigenvalue weighted by molar-refractivity contribution is 6.35. The molecule has 2 aromatic carbocycles. The van der Waals surface area contributed by atoms with E-state index in [2.05, 4.69) is 10.6 Å². The number of nitrogens with one attached hydrogen (secondary N) is 2. The molecule has 0 fully saturated rings. The van der Waals surface area contributed by atoms with Crippen LogP contribution in [-0.2, 0) is 14.3 Å². The van der Waals surface area contributed by atoms with E-state index >= 15 is 0 Å². The van der Waals surface area contributed by atoms with E-state index in [1.165, 1.54) is 0 Å². The van der Waals surface area contributed by atoms with Gasteiger partial charge >= 0.3 is 11.8 Å². The van der Waals surface area contributed by atoms with Gasteiger partial charge in [-0.15, -0.1) is 0 Å². The number of rotatable bonds is 7. The number of hydrogen-bond acceptors (Lipinski definition) is 4. The van der Waals surface area contributed by atoms with E-state index in [0.29, 0.717) is 5.75 Å². The summed E-state index contributed by atoms with van der Waals surface area (Å²) < 4.78 is 10.7. The molecule has 26 heavy (non-hydrogen) atoms. The average Bonchev–Trinajstić information content (AvgIpc) is 2.69. The summed E-state index contributed by atoms with van der Waals surface area (Å²) in [6.07, 6.45) is -0.422. The van der Waals surface area contributed by atoms with Crippen molar-refractivity contribution in [1.29, 1.82) is 0 Å². The van der Waals surface area contributed by atoms with Crippen molar-refractivity contribution >= 4 is 11.8 Å². The van der Waals surface area contributed by atoms with Gasteiger partial charge in [-0.05, 0) is 18.6 Å². The number of amides is 2. The minimum absolute atomic E-state index is 0.156. The van der Waals surface area contributed by atoms with Crippen LogP contribution in [0, 0.1) is 0 Å². The molecule has 6 nitrogen and oxygen atoms in total. The van der Waals surface area contributed by atoms with Crippen LogP contribution < -0.4 is 15.4 Å². The van der Waals surface area contributed by atoms with Crippen LogP contribution in [0.1, 0.15) is 30.2 Å². The van der Waals surface area contributed by atoms with Crippen LogP contribution in [0.15, 0.2) is 54.6 Å². The number of benzene rings is 2. The van der Waals surface area contributed by atoms with Gasteiger partial charge in [0.15, 0.2) is 0 Å². The lowest BCUT2D eigenvalue weighted by Crippen LogP contribution is -2.42. The first-order chi connectivity index (χ1) is 12.6. The zero-order chi connectivity index (χ0) is 18.9. The molecule has 0 saturated heterocycles. The highest BCUT2D eigenvalue weighted by Gasteiger charge is 2.20. The smallest absolute Gasteiger partial charge is 0.309 e. The van der Waals surface area contributed by atoms with E-state index in [4.69, 9.17) is 9.47 Å². The van der Waals surface area contributed by atoms with Gasteiger partial charge in [0.2, 0.25) is 0 Å². The standard InChI is InChI=1S/C20H24N2O4/c1-14(15-9-5-4-6-10-15)22-20(24)19(23)21-13-18(26-3)16-11-7-8-12-17(16)25-2/h4-12,14,18H,13H2,1-3H3,(H,21,23)(H,22,24)/t14-,18-/m0/s1. The average molecular weight is 356 g/mol. The fraction of sp³-hybridized carbons (Fsp3) is 0.300. The van der Waals surface area contributed by atoms with Gasteiger partial charge in [-0.25, -0.2) is 0 Å². The molecule has 2 amide bonds. The van der Waals surface area contributed by atoms with Crippen LogP contribution in [0.5, 0.6) is 5.75 Å². The molecule has 0 aromatic heterocycles. The van der Waals surface area contributed by atoms with Crippen molar-refractivity contribution in [3.8, 4) is 5.75 Å². The summed E-state index contributed by atoms with van der Waals surface area (Å²) in [7, 11) is 3.11. The third kappa shape index (κ3) is 5.07. The first-order valence-electron chi connectivity index (χ1n) is 8.36. The first kappa shape index (κ1) is 19.5. The first-order valence-corrected chi connectivity index (χ1v) is 8.36. The molecule has 0 saturated carbocycles. The lowest BCUT2D eigenvalue weighted by molar-refractivity contribution is -0.139. The van der Waals surface area contributed by atoms with Gasteiger partial charge in [-0.1, -0.05) is 48.5 Å². The fourth-order valence-electron chi connectivity index (χ4n) is 2.61. The summed E-state index contributed by atoms with van der Waals surface area (Å²) in [6.45, 7) is 1.98. The Morgan fingerprint density at radius 1 is 0.962 bits per heavy atom. The summed E-state index contributed by atoms with van der Waals surface area (Å²) in [6, 6.07) is 16.6. The summed E-state index contributed by atoms with van der Waals surface area (Å²) >= 11 is 0. The second kappa shape index (κ2) is 9.58. The second-order valence-electron chi connectivity index (χ2n) is 5.78. The molecule has 0 aliphatic heterocycles. The molecular weight excluding hydrogens is 332 g/mol. The zero-order valence-electron chi connectivity index (χ0n) is 15.2. The van der Waals surface area contributed by atoms with Crippen LogP contribution >= 0.6 is 0 Å². The summed E-state index contributed by atoms with van der Waals surface area (Å²) in [5, 5.41) is 5.29. The van der Waals surface area contributed by atoms with Crippen molar-refractivity contribution in [2.75, 3.05) is 20.8 Å².